The molecule has 0 aliphatic carbocycles. The fraction of sp³-hybridized carbons (Fsp3) is 0.385. The Bertz CT molecular complexity index is 492. The topological polar surface area (TPSA) is 42.7 Å². The van der Waals surface area contributed by atoms with Gasteiger partial charge in [0.05, 0.1) is 6.54 Å². The number of hydrogen-bond acceptors (Lipinski definition) is 3. The van der Waals surface area contributed by atoms with Crippen molar-refractivity contribution >= 4 is 0 Å². The Morgan fingerprint density at radius 1 is 1.33 bits per heavy atom. The molecule has 18 heavy (non-hydrogen) atoms. The summed E-state index contributed by atoms with van der Waals surface area (Å²) in [6.07, 6.45) is 2.61. The molecule has 0 bridgehead atoms. The van der Waals surface area contributed by atoms with Gasteiger partial charge >= 0.3 is 0 Å². The Labute approximate surface area is 106 Å². The van der Waals surface area contributed by atoms with Gasteiger partial charge in [-0.3, -0.25) is 0 Å². The van der Waals surface area contributed by atoms with Crippen LogP contribution in [0.4, 0.5) is 4.39 Å². The molecule has 2 rings (SSSR count). The minimum absolute atomic E-state index is 0.197. The van der Waals surface area contributed by atoms with Crippen LogP contribution in [0.25, 0.3) is 0 Å². The van der Waals surface area contributed by atoms with Crippen molar-refractivity contribution in [3.8, 4) is 0 Å². The van der Waals surface area contributed by atoms with E-state index in [-0.39, 0.29) is 11.9 Å². The average Bonchev–Trinajstić information content (AvgIpc) is 2.78. The van der Waals surface area contributed by atoms with Crippen molar-refractivity contribution in [3.63, 3.8) is 0 Å². The van der Waals surface area contributed by atoms with Crippen LogP contribution in [-0.4, -0.2) is 14.8 Å². The van der Waals surface area contributed by atoms with E-state index in [1.54, 1.807) is 6.33 Å². The largest absolute Gasteiger partial charge is 0.320 e. The lowest BCUT2D eigenvalue weighted by molar-refractivity contribution is 0.500. The number of rotatable bonds is 5. The van der Waals surface area contributed by atoms with Gasteiger partial charge in [0, 0.05) is 13.1 Å². The van der Waals surface area contributed by atoms with Crippen molar-refractivity contribution < 1.29 is 4.39 Å². The number of hydrogen-bond donors (Lipinski definition) is 1. The van der Waals surface area contributed by atoms with Gasteiger partial charge in [0.15, 0.2) is 0 Å². The predicted molar refractivity (Wildman–Crippen MR) is 67.3 cm³/mol. The molecule has 0 saturated heterocycles. The number of aryl methyl sites for hydroxylation is 1. The van der Waals surface area contributed by atoms with Gasteiger partial charge in [-0.05, 0) is 24.1 Å². The highest BCUT2D eigenvalue weighted by atomic mass is 19.1. The molecular weight excluding hydrogens is 231 g/mol. The second kappa shape index (κ2) is 5.73. The van der Waals surface area contributed by atoms with Gasteiger partial charge in [-0.2, -0.15) is 0 Å². The Balaban J connectivity index is 2.01. The molecule has 1 atom stereocenters. The fourth-order valence-corrected chi connectivity index (χ4v) is 1.87. The standard InChI is InChI=1S/C13H17FN4/c1-3-12(10-4-6-11(14)7-5-10)15-8-13-17-16-9-18(13)2/h4-7,9,12,15H,3,8H2,1-2H3. The molecule has 5 heteroatoms. The third-order valence-corrected chi connectivity index (χ3v) is 2.99. The monoisotopic (exact) mass is 248 g/mol. The molecule has 1 aromatic carbocycles. The van der Waals surface area contributed by atoms with Gasteiger partial charge in [-0.15, -0.1) is 10.2 Å². The summed E-state index contributed by atoms with van der Waals surface area (Å²) in [5.74, 6) is 0.678. The summed E-state index contributed by atoms with van der Waals surface area (Å²) in [6, 6.07) is 6.80. The number of benzene rings is 1. The Kier molecular flexibility index (Phi) is 4.04. The van der Waals surface area contributed by atoms with Crippen LogP contribution in [0, 0.1) is 5.82 Å². The minimum atomic E-state index is -0.207. The van der Waals surface area contributed by atoms with Crippen LogP contribution in [0.1, 0.15) is 30.8 Å². The third kappa shape index (κ3) is 2.92. The van der Waals surface area contributed by atoms with E-state index in [0.29, 0.717) is 6.54 Å². The molecule has 0 spiro atoms. The zero-order valence-electron chi connectivity index (χ0n) is 10.6. The summed E-state index contributed by atoms with van der Waals surface area (Å²) >= 11 is 0. The van der Waals surface area contributed by atoms with Gasteiger partial charge in [0.1, 0.15) is 18.0 Å². The van der Waals surface area contributed by atoms with Crippen LogP contribution < -0.4 is 5.32 Å². The molecule has 0 aliphatic heterocycles. The van der Waals surface area contributed by atoms with Crippen LogP contribution >= 0.6 is 0 Å². The first-order valence-corrected chi connectivity index (χ1v) is 6.02. The highest BCUT2D eigenvalue weighted by molar-refractivity contribution is 5.19. The molecule has 1 N–H and O–H groups in total. The zero-order valence-corrected chi connectivity index (χ0v) is 10.6. The van der Waals surface area contributed by atoms with Crippen molar-refractivity contribution in [1.82, 2.24) is 20.1 Å². The molecule has 0 fully saturated rings. The Morgan fingerprint density at radius 3 is 2.61 bits per heavy atom. The lowest BCUT2D eigenvalue weighted by Gasteiger charge is -2.17. The zero-order chi connectivity index (χ0) is 13.0. The summed E-state index contributed by atoms with van der Waals surface area (Å²) in [7, 11) is 1.91. The quantitative estimate of drug-likeness (QED) is 0.882. The number of nitrogens with zero attached hydrogens (tertiary/aromatic N) is 3. The van der Waals surface area contributed by atoms with Crippen molar-refractivity contribution in [2.24, 2.45) is 7.05 Å². The molecule has 4 nitrogen and oxygen atoms in total. The van der Waals surface area contributed by atoms with E-state index in [1.165, 1.54) is 12.1 Å². The lowest BCUT2D eigenvalue weighted by atomic mass is 10.0. The second-order valence-corrected chi connectivity index (χ2v) is 4.25. The van der Waals surface area contributed by atoms with E-state index in [1.807, 2.05) is 23.7 Å². The molecule has 96 valence electrons. The van der Waals surface area contributed by atoms with E-state index in [4.69, 9.17) is 0 Å². The summed E-state index contributed by atoms with van der Waals surface area (Å²) in [5.41, 5.74) is 1.08. The van der Waals surface area contributed by atoms with Gasteiger partial charge < -0.3 is 9.88 Å². The summed E-state index contributed by atoms with van der Waals surface area (Å²) in [6.45, 7) is 2.74. The molecular formula is C13H17FN4. The fourth-order valence-electron chi connectivity index (χ4n) is 1.87. The normalized spacial score (nSPS) is 12.6. The summed E-state index contributed by atoms with van der Waals surface area (Å²) in [5, 5.41) is 11.3. The first kappa shape index (κ1) is 12.7. The van der Waals surface area contributed by atoms with Crippen molar-refractivity contribution in [3.05, 3.63) is 47.8 Å². The number of aromatic nitrogens is 3. The van der Waals surface area contributed by atoms with Gasteiger partial charge in [-0.25, -0.2) is 4.39 Å². The summed E-state index contributed by atoms with van der Waals surface area (Å²) < 4.78 is 14.8. The lowest BCUT2D eigenvalue weighted by Crippen LogP contribution is -2.22. The van der Waals surface area contributed by atoms with Gasteiger partial charge in [-0.1, -0.05) is 19.1 Å². The highest BCUT2D eigenvalue weighted by Crippen LogP contribution is 2.17. The van der Waals surface area contributed by atoms with Crippen LogP contribution in [0.5, 0.6) is 0 Å². The van der Waals surface area contributed by atoms with Gasteiger partial charge in [0.2, 0.25) is 0 Å². The van der Waals surface area contributed by atoms with Crippen molar-refractivity contribution in [1.29, 1.82) is 0 Å². The summed E-state index contributed by atoms with van der Waals surface area (Å²) in [4.78, 5) is 0. The smallest absolute Gasteiger partial charge is 0.146 e. The van der Waals surface area contributed by atoms with Crippen molar-refractivity contribution in [2.75, 3.05) is 0 Å². The average molecular weight is 248 g/mol. The molecule has 1 unspecified atom stereocenters. The van der Waals surface area contributed by atoms with E-state index in [0.717, 1.165) is 17.8 Å². The van der Waals surface area contributed by atoms with Crippen LogP contribution in [0.3, 0.4) is 0 Å². The predicted octanol–water partition coefficient (Wildman–Crippen LogP) is 2.20. The van der Waals surface area contributed by atoms with Crippen molar-refractivity contribution in [2.45, 2.75) is 25.9 Å². The maximum absolute atomic E-state index is 12.9. The Morgan fingerprint density at radius 2 is 2.06 bits per heavy atom. The van der Waals surface area contributed by atoms with Gasteiger partial charge in [0.25, 0.3) is 0 Å². The van der Waals surface area contributed by atoms with E-state index in [2.05, 4.69) is 22.4 Å². The molecule has 0 radical (unpaired) electrons. The maximum atomic E-state index is 12.9. The third-order valence-electron chi connectivity index (χ3n) is 2.99. The molecule has 0 aliphatic rings. The van der Waals surface area contributed by atoms with E-state index < -0.39 is 0 Å². The minimum Gasteiger partial charge on any atom is -0.320 e. The van der Waals surface area contributed by atoms with E-state index in [9.17, 15) is 4.39 Å². The number of halogens is 1. The second-order valence-electron chi connectivity index (χ2n) is 4.25. The van der Waals surface area contributed by atoms with E-state index >= 15 is 0 Å². The molecule has 0 amide bonds. The first-order chi connectivity index (χ1) is 8.70. The maximum Gasteiger partial charge on any atom is 0.146 e. The molecule has 1 aromatic heterocycles. The molecule has 1 heterocycles. The number of nitrogens with one attached hydrogen (secondary N) is 1. The van der Waals surface area contributed by atoms with Crippen LogP contribution in [-0.2, 0) is 13.6 Å². The molecule has 0 saturated carbocycles. The highest BCUT2D eigenvalue weighted by Gasteiger charge is 2.10. The van der Waals surface area contributed by atoms with Crippen LogP contribution in [0.15, 0.2) is 30.6 Å². The first-order valence-electron chi connectivity index (χ1n) is 6.02. The SMILES string of the molecule is CCC(NCc1nncn1C)c1ccc(F)cc1. The Hall–Kier alpha value is -1.75. The van der Waals surface area contributed by atoms with Crippen LogP contribution in [0.2, 0.25) is 0 Å². The molecule has 2 aromatic rings.